The SMILES string of the molecule is COc1cc(C(=Nc2ccc(-c3noc(C)n3)cc2)C(=NC(=O)O)SC)cc2c1OCC2OC. The van der Waals surface area contributed by atoms with Gasteiger partial charge in [0.25, 0.3) is 0 Å². The molecule has 0 fully saturated rings. The fraction of sp³-hybridized carbons (Fsp3) is 0.261. The quantitative estimate of drug-likeness (QED) is 0.393. The predicted octanol–water partition coefficient (Wildman–Crippen LogP) is 4.69. The normalized spacial score (nSPS) is 15.7. The highest BCUT2D eigenvalue weighted by molar-refractivity contribution is 8.15. The number of hydrogen-bond acceptors (Lipinski definition) is 9. The van der Waals surface area contributed by atoms with E-state index in [4.69, 9.17) is 23.7 Å². The fourth-order valence-electron chi connectivity index (χ4n) is 3.50. The molecule has 3 aromatic rings. The number of carboxylic acid groups (broad SMARTS) is 1. The van der Waals surface area contributed by atoms with Gasteiger partial charge in [0.05, 0.1) is 12.8 Å². The monoisotopic (exact) mass is 482 g/mol. The van der Waals surface area contributed by atoms with Crippen molar-refractivity contribution in [3.05, 3.63) is 53.4 Å². The topological polar surface area (TPSA) is 129 Å². The lowest BCUT2D eigenvalue weighted by molar-refractivity contribution is 0.0814. The molecule has 1 aromatic heterocycles. The van der Waals surface area contributed by atoms with Crippen LogP contribution in [0.25, 0.3) is 11.4 Å². The van der Waals surface area contributed by atoms with Crippen molar-refractivity contribution < 1.29 is 28.6 Å². The van der Waals surface area contributed by atoms with Crippen molar-refractivity contribution in [3.8, 4) is 22.9 Å². The number of amides is 1. The molecule has 4 rings (SSSR count). The van der Waals surface area contributed by atoms with E-state index in [9.17, 15) is 9.90 Å². The molecule has 1 unspecified atom stereocenters. The maximum absolute atomic E-state index is 11.4. The highest BCUT2D eigenvalue weighted by Gasteiger charge is 2.29. The zero-order valence-corrected chi connectivity index (χ0v) is 19.8. The zero-order valence-electron chi connectivity index (χ0n) is 18.9. The summed E-state index contributed by atoms with van der Waals surface area (Å²) in [6, 6.07) is 10.8. The molecule has 1 N–H and O–H groups in total. The number of fused-ring (bicyclic) bond motifs is 1. The van der Waals surface area contributed by atoms with Crippen LogP contribution in [0.15, 0.2) is 50.9 Å². The van der Waals surface area contributed by atoms with E-state index in [1.54, 1.807) is 45.6 Å². The fourth-order valence-corrected chi connectivity index (χ4v) is 4.02. The van der Waals surface area contributed by atoms with Crippen LogP contribution in [-0.4, -0.2) is 59.2 Å². The molecule has 1 aliphatic rings. The lowest BCUT2D eigenvalue weighted by Gasteiger charge is -2.14. The average Bonchev–Trinajstić information content (AvgIpc) is 3.46. The molecule has 0 bridgehead atoms. The van der Waals surface area contributed by atoms with Gasteiger partial charge >= 0.3 is 6.09 Å². The van der Waals surface area contributed by atoms with Gasteiger partial charge in [-0.15, -0.1) is 11.8 Å². The van der Waals surface area contributed by atoms with Gasteiger partial charge in [0, 0.05) is 30.7 Å². The third kappa shape index (κ3) is 4.80. The number of methoxy groups -OCH3 is 2. The van der Waals surface area contributed by atoms with Crippen molar-refractivity contribution >= 4 is 34.3 Å². The van der Waals surface area contributed by atoms with Crippen LogP contribution in [0.4, 0.5) is 10.5 Å². The molecular weight excluding hydrogens is 460 g/mol. The first-order valence-corrected chi connectivity index (χ1v) is 11.4. The molecule has 1 aliphatic heterocycles. The largest absolute Gasteiger partial charge is 0.493 e. The van der Waals surface area contributed by atoms with Gasteiger partial charge < -0.3 is 23.8 Å². The summed E-state index contributed by atoms with van der Waals surface area (Å²) in [5, 5.41) is 13.5. The lowest BCUT2D eigenvalue weighted by atomic mass is 10.0. The Kier molecular flexibility index (Phi) is 6.94. The van der Waals surface area contributed by atoms with Gasteiger partial charge in [0.15, 0.2) is 11.5 Å². The van der Waals surface area contributed by atoms with Crippen LogP contribution in [0.1, 0.15) is 23.1 Å². The minimum absolute atomic E-state index is 0.236. The van der Waals surface area contributed by atoms with Crippen LogP contribution in [0, 0.1) is 6.92 Å². The highest BCUT2D eigenvalue weighted by Crippen LogP contribution is 2.43. The first-order chi connectivity index (χ1) is 16.4. The van der Waals surface area contributed by atoms with Crippen molar-refractivity contribution in [3.63, 3.8) is 0 Å². The van der Waals surface area contributed by atoms with Gasteiger partial charge in [0.2, 0.25) is 11.7 Å². The average molecular weight is 483 g/mol. The van der Waals surface area contributed by atoms with E-state index in [0.717, 1.165) is 11.1 Å². The van der Waals surface area contributed by atoms with Gasteiger partial charge in [-0.25, -0.2) is 9.79 Å². The third-order valence-electron chi connectivity index (χ3n) is 5.07. The van der Waals surface area contributed by atoms with Crippen molar-refractivity contribution in [2.75, 3.05) is 27.1 Å². The Morgan fingerprint density at radius 2 is 2.00 bits per heavy atom. The van der Waals surface area contributed by atoms with Crippen molar-refractivity contribution in [2.24, 2.45) is 9.98 Å². The molecule has 1 atom stereocenters. The van der Waals surface area contributed by atoms with Crippen LogP contribution < -0.4 is 9.47 Å². The first-order valence-electron chi connectivity index (χ1n) is 10.2. The molecule has 0 spiro atoms. The molecule has 34 heavy (non-hydrogen) atoms. The Bertz CT molecular complexity index is 1270. The number of aryl methyl sites for hydroxylation is 1. The Labute approximate surface area is 199 Å². The Morgan fingerprint density at radius 1 is 1.24 bits per heavy atom. The molecule has 0 aliphatic carbocycles. The summed E-state index contributed by atoms with van der Waals surface area (Å²) in [6.07, 6.45) is 0.146. The lowest BCUT2D eigenvalue weighted by Crippen LogP contribution is -2.15. The number of nitrogens with zero attached hydrogens (tertiary/aromatic N) is 4. The number of thioether (sulfide) groups is 1. The van der Waals surface area contributed by atoms with Crippen LogP contribution >= 0.6 is 11.8 Å². The highest BCUT2D eigenvalue weighted by atomic mass is 32.2. The Morgan fingerprint density at radius 3 is 2.59 bits per heavy atom. The maximum Gasteiger partial charge on any atom is 0.432 e. The van der Waals surface area contributed by atoms with Crippen LogP contribution in [-0.2, 0) is 4.74 Å². The molecule has 0 radical (unpaired) electrons. The smallest absolute Gasteiger partial charge is 0.432 e. The van der Waals surface area contributed by atoms with Crippen molar-refractivity contribution in [2.45, 2.75) is 13.0 Å². The number of benzene rings is 2. The second-order valence-corrected chi connectivity index (χ2v) is 7.98. The van der Waals surface area contributed by atoms with Crippen LogP contribution in [0.3, 0.4) is 0 Å². The molecule has 1 amide bonds. The van der Waals surface area contributed by atoms with Crippen LogP contribution in [0.2, 0.25) is 0 Å². The summed E-state index contributed by atoms with van der Waals surface area (Å²) in [4.78, 5) is 24.1. The Hall–Kier alpha value is -3.70. The van der Waals surface area contributed by atoms with E-state index >= 15 is 0 Å². The molecule has 176 valence electrons. The predicted molar refractivity (Wildman–Crippen MR) is 128 cm³/mol. The molecule has 2 aromatic carbocycles. The van der Waals surface area contributed by atoms with Crippen LogP contribution in [0.5, 0.6) is 11.5 Å². The van der Waals surface area contributed by atoms with Gasteiger partial charge in [-0.2, -0.15) is 9.98 Å². The third-order valence-corrected chi connectivity index (χ3v) is 5.75. The van der Waals surface area contributed by atoms with E-state index in [-0.39, 0.29) is 11.1 Å². The second kappa shape index (κ2) is 10.1. The van der Waals surface area contributed by atoms with Gasteiger partial charge in [-0.3, -0.25) is 0 Å². The van der Waals surface area contributed by atoms with E-state index in [1.165, 1.54) is 11.8 Å². The molecule has 0 saturated heterocycles. The number of aliphatic imine (C=N–C) groups is 2. The Balaban J connectivity index is 1.83. The van der Waals surface area contributed by atoms with Crippen molar-refractivity contribution in [1.82, 2.24) is 10.1 Å². The number of rotatable bonds is 6. The summed E-state index contributed by atoms with van der Waals surface area (Å²) >= 11 is 1.18. The van der Waals surface area contributed by atoms with Crippen molar-refractivity contribution in [1.29, 1.82) is 0 Å². The van der Waals surface area contributed by atoms with Gasteiger partial charge in [-0.05, 0) is 42.7 Å². The van der Waals surface area contributed by atoms with E-state index in [1.807, 2.05) is 18.2 Å². The second-order valence-electron chi connectivity index (χ2n) is 7.18. The van der Waals surface area contributed by atoms with Gasteiger partial charge in [-0.1, -0.05) is 5.16 Å². The maximum atomic E-state index is 11.4. The zero-order chi connectivity index (χ0) is 24.2. The minimum Gasteiger partial charge on any atom is -0.493 e. The number of aromatic nitrogens is 2. The van der Waals surface area contributed by atoms with E-state index < -0.39 is 6.09 Å². The summed E-state index contributed by atoms with van der Waals surface area (Å²) < 4.78 is 21.8. The first kappa shape index (κ1) is 23.5. The summed E-state index contributed by atoms with van der Waals surface area (Å²) in [6.45, 7) is 2.07. The number of carbonyl (C=O) groups is 1. The molecule has 11 heteroatoms. The standard InChI is InChI=1S/C23H22N4O6S/c1-12-24-21(27-33-12)13-5-7-15(8-6-13)25-19(22(34-4)26-23(28)29)14-9-16-18(31-3)11-32-20(16)17(10-14)30-2/h5-10,18H,11H2,1-4H3,(H,28,29). The number of ether oxygens (including phenoxy) is 3. The molecular formula is C23H22N4O6S. The molecule has 0 saturated carbocycles. The van der Waals surface area contributed by atoms with E-state index in [2.05, 4.69) is 15.1 Å². The minimum atomic E-state index is -1.31. The molecule has 10 nitrogen and oxygen atoms in total. The molecule has 2 heterocycles. The summed E-state index contributed by atoms with van der Waals surface area (Å²) in [5.41, 5.74) is 3.14. The summed E-state index contributed by atoms with van der Waals surface area (Å²) in [7, 11) is 3.14. The van der Waals surface area contributed by atoms with Gasteiger partial charge in [0.1, 0.15) is 23.5 Å². The van der Waals surface area contributed by atoms with E-state index in [0.29, 0.717) is 46.8 Å². The number of hydrogen-bond donors (Lipinski definition) is 1. The summed E-state index contributed by atoms with van der Waals surface area (Å²) in [5.74, 6) is 2.04.